The second-order valence-corrected chi connectivity index (χ2v) is 6.26. The van der Waals surface area contributed by atoms with Gasteiger partial charge in [0.05, 0.1) is 12.7 Å². The van der Waals surface area contributed by atoms with Gasteiger partial charge in [0, 0.05) is 11.6 Å². The standard InChI is InChI=1S/C19H23NO4.C2H6/c1-11(2)15-10-16(24-17(15)12(3)4)18(21)20-14-8-6-13(7-9-14)19(22)23-5;1-2/h6-12H,1-5H3,(H,20,21);1-2H3. The molecule has 5 nitrogen and oxygen atoms in total. The van der Waals surface area contributed by atoms with Gasteiger partial charge in [0.1, 0.15) is 5.76 Å². The second-order valence-electron chi connectivity index (χ2n) is 6.26. The first-order valence-corrected chi connectivity index (χ1v) is 8.96. The molecule has 1 aromatic carbocycles. The highest BCUT2D eigenvalue weighted by molar-refractivity contribution is 6.02. The molecule has 0 saturated heterocycles. The number of hydrogen-bond donors (Lipinski definition) is 1. The van der Waals surface area contributed by atoms with Crippen LogP contribution in [-0.4, -0.2) is 19.0 Å². The van der Waals surface area contributed by atoms with E-state index in [9.17, 15) is 9.59 Å². The quantitative estimate of drug-likeness (QED) is 0.706. The minimum absolute atomic E-state index is 0.211. The number of rotatable bonds is 5. The molecule has 0 bridgehead atoms. The summed E-state index contributed by atoms with van der Waals surface area (Å²) < 4.78 is 10.4. The minimum Gasteiger partial charge on any atom is -0.465 e. The highest BCUT2D eigenvalue weighted by Crippen LogP contribution is 2.29. The highest BCUT2D eigenvalue weighted by Gasteiger charge is 2.20. The van der Waals surface area contributed by atoms with Crippen LogP contribution < -0.4 is 5.32 Å². The number of esters is 1. The van der Waals surface area contributed by atoms with Crippen LogP contribution in [0.2, 0.25) is 0 Å². The largest absolute Gasteiger partial charge is 0.465 e. The van der Waals surface area contributed by atoms with Crippen LogP contribution >= 0.6 is 0 Å². The van der Waals surface area contributed by atoms with Crippen LogP contribution in [0, 0.1) is 0 Å². The van der Waals surface area contributed by atoms with E-state index in [4.69, 9.17) is 4.42 Å². The molecule has 26 heavy (non-hydrogen) atoms. The molecule has 0 aliphatic heterocycles. The molecular formula is C21H29NO4. The smallest absolute Gasteiger partial charge is 0.337 e. The molecule has 2 aromatic rings. The van der Waals surface area contributed by atoms with Crippen LogP contribution in [0.15, 0.2) is 34.7 Å². The van der Waals surface area contributed by atoms with E-state index in [0.717, 1.165) is 11.3 Å². The first-order valence-electron chi connectivity index (χ1n) is 8.96. The van der Waals surface area contributed by atoms with Crippen LogP contribution in [0.5, 0.6) is 0 Å². The number of methoxy groups -OCH3 is 1. The van der Waals surface area contributed by atoms with Crippen molar-refractivity contribution in [2.75, 3.05) is 12.4 Å². The van der Waals surface area contributed by atoms with Crippen molar-refractivity contribution >= 4 is 17.6 Å². The number of furan rings is 1. The summed E-state index contributed by atoms with van der Waals surface area (Å²) in [5.41, 5.74) is 2.06. The maximum atomic E-state index is 12.4. The van der Waals surface area contributed by atoms with Gasteiger partial charge in [0.25, 0.3) is 5.91 Å². The Hall–Kier alpha value is -2.56. The number of carbonyl (C=O) groups excluding carboxylic acids is 2. The van der Waals surface area contributed by atoms with Crippen molar-refractivity contribution in [1.29, 1.82) is 0 Å². The number of hydrogen-bond acceptors (Lipinski definition) is 4. The lowest BCUT2D eigenvalue weighted by atomic mass is 9.98. The van der Waals surface area contributed by atoms with E-state index in [2.05, 4.69) is 23.9 Å². The zero-order valence-electron chi connectivity index (χ0n) is 16.7. The van der Waals surface area contributed by atoms with Gasteiger partial charge in [-0.1, -0.05) is 41.5 Å². The van der Waals surface area contributed by atoms with E-state index in [1.54, 1.807) is 30.3 Å². The number of ether oxygens (including phenoxy) is 1. The highest BCUT2D eigenvalue weighted by atomic mass is 16.5. The van der Waals surface area contributed by atoms with Crippen molar-refractivity contribution in [3.63, 3.8) is 0 Å². The lowest BCUT2D eigenvalue weighted by Crippen LogP contribution is -2.11. The van der Waals surface area contributed by atoms with E-state index in [-0.39, 0.29) is 17.7 Å². The summed E-state index contributed by atoms with van der Waals surface area (Å²) in [4.78, 5) is 23.8. The number of benzene rings is 1. The molecule has 0 atom stereocenters. The van der Waals surface area contributed by atoms with Gasteiger partial charge in [0.2, 0.25) is 0 Å². The second kappa shape index (κ2) is 9.80. The summed E-state index contributed by atoms with van der Waals surface area (Å²) in [6, 6.07) is 8.31. The van der Waals surface area contributed by atoms with Crippen LogP contribution in [0.4, 0.5) is 5.69 Å². The predicted octanol–water partition coefficient (Wildman–Crippen LogP) is 5.59. The van der Waals surface area contributed by atoms with Crippen molar-refractivity contribution in [2.24, 2.45) is 0 Å². The molecule has 0 aliphatic rings. The maximum absolute atomic E-state index is 12.4. The number of carbonyl (C=O) groups is 2. The first-order chi connectivity index (χ1) is 12.3. The molecule has 0 fully saturated rings. The molecule has 0 aliphatic carbocycles. The summed E-state index contributed by atoms with van der Waals surface area (Å²) >= 11 is 0. The van der Waals surface area contributed by atoms with E-state index < -0.39 is 5.97 Å². The zero-order chi connectivity index (χ0) is 19.9. The Bertz CT molecular complexity index is 701. The normalized spacial score (nSPS) is 10.3. The Labute approximate surface area is 155 Å². The van der Waals surface area contributed by atoms with Gasteiger partial charge >= 0.3 is 5.97 Å². The van der Waals surface area contributed by atoms with Gasteiger partial charge in [-0.05, 0) is 41.8 Å². The molecule has 0 unspecified atom stereocenters. The first kappa shape index (κ1) is 21.5. The molecule has 1 amide bonds. The van der Waals surface area contributed by atoms with E-state index in [0.29, 0.717) is 17.0 Å². The van der Waals surface area contributed by atoms with Crippen LogP contribution in [0.1, 0.15) is 85.6 Å². The average Bonchev–Trinajstić information content (AvgIpc) is 3.09. The Balaban J connectivity index is 0.00000163. The maximum Gasteiger partial charge on any atom is 0.337 e. The molecule has 0 radical (unpaired) electrons. The molecule has 5 heteroatoms. The molecule has 1 aromatic heterocycles. The average molecular weight is 359 g/mol. The van der Waals surface area contributed by atoms with E-state index in [1.165, 1.54) is 7.11 Å². The van der Waals surface area contributed by atoms with Crippen molar-refractivity contribution in [3.05, 3.63) is 53.0 Å². The van der Waals surface area contributed by atoms with Gasteiger partial charge in [-0.15, -0.1) is 0 Å². The predicted molar refractivity (Wildman–Crippen MR) is 104 cm³/mol. The molecule has 1 heterocycles. The van der Waals surface area contributed by atoms with Gasteiger partial charge in [-0.3, -0.25) is 4.79 Å². The van der Waals surface area contributed by atoms with Gasteiger partial charge in [-0.25, -0.2) is 4.79 Å². The lowest BCUT2D eigenvalue weighted by Gasteiger charge is -2.07. The number of anilines is 1. The van der Waals surface area contributed by atoms with Crippen molar-refractivity contribution in [1.82, 2.24) is 0 Å². The van der Waals surface area contributed by atoms with Gasteiger partial charge in [0.15, 0.2) is 5.76 Å². The van der Waals surface area contributed by atoms with Crippen LogP contribution in [0.3, 0.4) is 0 Å². The lowest BCUT2D eigenvalue weighted by molar-refractivity contribution is 0.0600. The van der Waals surface area contributed by atoms with E-state index >= 15 is 0 Å². The summed E-state index contributed by atoms with van der Waals surface area (Å²) in [5, 5.41) is 2.78. The molecule has 0 saturated carbocycles. The monoisotopic (exact) mass is 359 g/mol. The van der Waals surface area contributed by atoms with Gasteiger partial charge in [-0.2, -0.15) is 0 Å². The Morgan fingerprint density at radius 3 is 2.00 bits per heavy atom. The summed E-state index contributed by atoms with van der Waals surface area (Å²) in [6.45, 7) is 12.2. The SMILES string of the molecule is CC.COC(=O)c1ccc(NC(=O)c2cc(C(C)C)c(C(C)C)o2)cc1. The third-order valence-corrected chi connectivity index (χ3v) is 3.73. The van der Waals surface area contributed by atoms with Crippen molar-refractivity contribution < 1.29 is 18.7 Å². The Morgan fingerprint density at radius 1 is 1.00 bits per heavy atom. The summed E-state index contributed by atoms with van der Waals surface area (Å²) in [5.74, 6) is 0.905. The molecule has 1 N–H and O–H groups in total. The van der Waals surface area contributed by atoms with Gasteiger partial charge < -0.3 is 14.5 Å². The molecule has 142 valence electrons. The fourth-order valence-electron chi connectivity index (χ4n) is 2.43. The summed E-state index contributed by atoms with van der Waals surface area (Å²) in [7, 11) is 1.33. The van der Waals surface area contributed by atoms with Crippen molar-refractivity contribution in [3.8, 4) is 0 Å². The number of nitrogens with one attached hydrogen (secondary N) is 1. The number of amides is 1. The molecule has 2 rings (SSSR count). The Morgan fingerprint density at radius 2 is 1.58 bits per heavy atom. The molecule has 0 spiro atoms. The minimum atomic E-state index is -0.415. The van der Waals surface area contributed by atoms with Crippen molar-refractivity contribution in [2.45, 2.75) is 53.4 Å². The third kappa shape index (κ3) is 5.22. The third-order valence-electron chi connectivity index (χ3n) is 3.73. The fourth-order valence-corrected chi connectivity index (χ4v) is 2.43. The molecular weight excluding hydrogens is 330 g/mol. The fraction of sp³-hybridized carbons (Fsp3) is 0.429. The van der Waals surface area contributed by atoms with Crippen LogP contribution in [0.25, 0.3) is 0 Å². The van der Waals surface area contributed by atoms with E-state index in [1.807, 2.05) is 27.7 Å². The van der Waals surface area contributed by atoms with Crippen LogP contribution in [-0.2, 0) is 4.74 Å². The topological polar surface area (TPSA) is 68.5 Å². The summed E-state index contributed by atoms with van der Waals surface area (Å²) in [6.07, 6.45) is 0. The zero-order valence-corrected chi connectivity index (χ0v) is 16.7. The Kier molecular flexibility index (Phi) is 8.10.